The van der Waals surface area contributed by atoms with E-state index in [1.54, 1.807) is 11.1 Å². The number of aromatic amines is 1. The van der Waals surface area contributed by atoms with Crippen LogP contribution in [0.4, 0.5) is 10.1 Å². The van der Waals surface area contributed by atoms with Gasteiger partial charge in [-0.3, -0.25) is 5.10 Å². The van der Waals surface area contributed by atoms with Crippen LogP contribution < -0.4 is 15.7 Å². The normalized spacial score (nSPS) is 16.0. The number of benzene rings is 2. The summed E-state index contributed by atoms with van der Waals surface area (Å²) in [6.45, 7) is 8.10. The lowest BCUT2D eigenvalue weighted by Crippen LogP contribution is -2.35. The van der Waals surface area contributed by atoms with Crippen LogP contribution >= 0.6 is 0 Å². The fourth-order valence-electron chi connectivity index (χ4n) is 4.27. The third-order valence-electron chi connectivity index (χ3n) is 5.90. The van der Waals surface area contributed by atoms with Gasteiger partial charge in [0.05, 0.1) is 11.0 Å². The molecule has 1 N–H and O–H groups in total. The molecular formula is C24H24FN5. The number of aromatic nitrogens is 2. The highest BCUT2D eigenvalue weighted by molar-refractivity contribution is 5.68. The number of hydrogen-bond donors (Lipinski definition) is 1. The van der Waals surface area contributed by atoms with Crippen LogP contribution in [0.25, 0.3) is 17.3 Å². The van der Waals surface area contributed by atoms with Crippen molar-refractivity contribution in [2.24, 2.45) is 5.10 Å². The zero-order valence-corrected chi connectivity index (χ0v) is 17.2. The van der Waals surface area contributed by atoms with E-state index in [4.69, 9.17) is 5.10 Å². The van der Waals surface area contributed by atoms with E-state index in [9.17, 15) is 4.39 Å². The van der Waals surface area contributed by atoms with Crippen LogP contribution in [-0.2, 0) is 19.4 Å². The molecule has 152 valence electrons. The lowest BCUT2D eigenvalue weighted by atomic mass is 9.96. The van der Waals surface area contributed by atoms with Crippen LogP contribution in [-0.4, -0.2) is 28.7 Å². The number of rotatable bonds is 3. The Morgan fingerprint density at radius 1 is 1.20 bits per heavy atom. The van der Waals surface area contributed by atoms with Crippen LogP contribution in [0, 0.1) is 5.82 Å². The molecule has 0 atom stereocenters. The highest BCUT2D eigenvalue weighted by Crippen LogP contribution is 2.29. The Balaban J connectivity index is 1.65. The van der Waals surface area contributed by atoms with E-state index in [0.29, 0.717) is 23.2 Å². The van der Waals surface area contributed by atoms with Gasteiger partial charge in [0.1, 0.15) is 22.6 Å². The molecule has 0 radical (unpaired) electrons. The summed E-state index contributed by atoms with van der Waals surface area (Å²) in [5, 5.41) is 15.5. The number of nitrogens with zero attached hydrogens (tertiary/aromatic N) is 4. The number of H-pyrrole nitrogens is 1. The molecule has 3 heterocycles. The molecule has 0 bridgehead atoms. The molecule has 3 aromatic rings. The van der Waals surface area contributed by atoms with Gasteiger partial charge in [-0.15, -0.1) is 0 Å². The van der Waals surface area contributed by atoms with E-state index in [2.05, 4.69) is 46.9 Å². The molecule has 2 aromatic carbocycles. The zero-order valence-electron chi connectivity index (χ0n) is 17.2. The predicted octanol–water partition coefficient (Wildman–Crippen LogP) is 3.12. The minimum absolute atomic E-state index is 0.307. The largest absolute Gasteiger partial charge is 0.302 e. The lowest BCUT2D eigenvalue weighted by Gasteiger charge is -2.25. The summed E-state index contributed by atoms with van der Waals surface area (Å²) in [6.07, 6.45) is 3.64. The average Bonchev–Trinajstić information content (AvgIpc) is 3.15. The first kappa shape index (κ1) is 18.8. The van der Waals surface area contributed by atoms with E-state index < -0.39 is 0 Å². The van der Waals surface area contributed by atoms with Crippen molar-refractivity contribution in [3.05, 3.63) is 81.9 Å². The van der Waals surface area contributed by atoms with E-state index in [-0.39, 0.29) is 5.82 Å². The Bertz CT molecular complexity index is 1270. The van der Waals surface area contributed by atoms with Crippen molar-refractivity contribution >= 4 is 11.8 Å². The molecular weight excluding hydrogens is 377 g/mol. The van der Waals surface area contributed by atoms with Crippen LogP contribution in [0.2, 0.25) is 0 Å². The highest BCUT2D eigenvalue weighted by atomic mass is 19.1. The van der Waals surface area contributed by atoms with Crippen molar-refractivity contribution in [1.82, 2.24) is 15.1 Å². The molecule has 0 fully saturated rings. The summed E-state index contributed by atoms with van der Waals surface area (Å²) in [7, 11) is 2.14. The Labute approximate surface area is 174 Å². The Kier molecular flexibility index (Phi) is 4.51. The summed E-state index contributed by atoms with van der Waals surface area (Å²) in [5.41, 5.74) is 6.43. The van der Waals surface area contributed by atoms with E-state index in [1.807, 2.05) is 19.1 Å². The quantitative estimate of drug-likeness (QED) is 0.734. The molecule has 2 aliphatic rings. The van der Waals surface area contributed by atoms with Gasteiger partial charge in [-0.05, 0) is 54.8 Å². The summed E-state index contributed by atoms with van der Waals surface area (Å²) < 4.78 is 14.8. The van der Waals surface area contributed by atoms with Crippen molar-refractivity contribution < 1.29 is 4.39 Å². The molecule has 0 saturated carbocycles. The first-order valence-electron chi connectivity index (χ1n) is 10.3. The molecule has 5 rings (SSSR count). The number of nitrogens with one attached hydrogen (secondary N) is 1. The van der Waals surface area contributed by atoms with Crippen LogP contribution in [0.1, 0.15) is 23.6 Å². The number of anilines is 1. The Hall–Kier alpha value is -3.25. The molecule has 0 saturated heterocycles. The first-order valence-corrected chi connectivity index (χ1v) is 10.3. The average molecular weight is 401 g/mol. The van der Waals surface area contributed by atoms with Crippen molar-refractivity contribution in [2.75, 3.05) is 18.6 Å². The van der Waals surface area contributed by atoms with Crippen molar-refractivity contribution in [2.45, 2.75) is 26.3 Å². The summed E-state index contributed by atoms with van der Waals surface area (Å²) in [5.74, 6) is -0.307. The Morgan fingerprint density at radius 3 is 2.90 bits per heavy atom. The number of fused-ring (bicyclic) bond motifs is 2. The molecule has 2 aliphatic heterocycles. The minimum atomic E-state index is -0.307. The van der Waals surface area contributed by atoms with Crippen molar-refractivity contribution in [3.63, 3.8) is 0 Å². The number of hydrogen-bond acceptors (Lipinski definition) is 4. The molecule has 30 heavy (non-hydrogen) atoms. The Morgan fingerprint density at radius 2 is 2.07 bits per heavy atom. The topological polar surface area (TPSA) is 47.5 Å². The van der Waals surface area contributed by atoms with Gasteiger partial charge in [0.2, 0.25) is 0 Å². The number of likely N-dealkylation sites (N-methyl/N-ethyl adjacent to an activating group) is 1. The number of para-hydroxylation sites is 1. The van der Waals surface area contributed by atoms with Gasteiger partial charge < -0.3 is 4.90 Å². The summed E-state index contributed by atoms with van der Waals surface area (Å²) in [6, 6.07) is 11.6. The third-order valence-corrected chi connectivity index (χ3v) is 5.90. The SMILES string of the molecule is C=C1C=c2[nH]nc(-c3ccc4c(c3)CN(C)CC4)c2=NN1c1c(F)cccc1CC. The number of aryl methyl sites for hydroxylation is 1. The molecule has 1 aromatic heterocycles. The monoisotopic (exact) mass is 401 g/mol. The van der Waals surface area contributed by atoms with Gasteiger partial charge in [-0.2, -0.15) is 10.2 Å². The highest BCUT2D eigenvalue weighted by Gasteiger charge is 2.22. The van der Waals surface area contributed by atoms with E-state index >= 15 is 0 Å². The summed E-state index contributed by atoms with van der Waals surface area (Å²) in [4.78, 5) is 2.32. The predicted molar refractivity (Wildman–Crippen MR) is 117 cm³/mol. The molecule has 6 heteroatoms. The van der Waals surface area contributed by atoms with Gasteiger partial charge in [0.25, 0.3) is 0 Å². The number of allylic oxidation sites excluding steroid dienone is 1. The molecule has 0 aliphatic carbocycles. The van der Waals surface area contributed by atoms with E-state index in [0.717, 1.165) is 41.7 Å². The van der Waals surface area contributed by atoms with Gasteiger partial charge >= 0.3 is 0 Å². The standard InChI is InChI=1S/C24H24FN5/c1-4-16-6-5-7-20(25)24(16)30-15(2)12-21-23(28-30)22(27-26-21)18-9-8-17-10-11-29(3)14-19(17)13-18/h5-9,12-13,26H,2,4,10-11,14H2,1,3H3. The smallest absolute Gasteiger partial charge is 0.149 e. The third kappa shape index (κ3) is 3.04. The second-order valence-corrected chi connectivity index (χ2v) is 7.95. The van der Waals surface area contributed by atoms with Crippen molar-refractivity contribution in [3.8, 4) is 11.3 Å². The lowest BCUT2D eigenvalue weighted by molar-refractivity contribution is 0.313. The molecule has 0 unspecified atom stereocenters. The first-order chi connectivity index (χ1) is 14.5. The van der Waals surface area contributed by atoms with Crippen LogP contribution in [0.5, 0.6) is 0 Å². The number of halogens is 1. The second-order valence-electron chi connectivity index (χ2n) is 7.95. The molecule has 0 amide bonds. The second kappa shape index (κ2) is 7.22. The zero-order chi connectivity index (χ0) is 20.8. The maximum Gasteiger partial charge on any atom is 0.149 e. The molecule has 5 nitrogen and oxygen atoms in total. The minimum Gasteiger partial charge on any atom is -0.302 e. The summed E-state index contributed by atoms with van der Waals surface area (Å²) >= 11 is 0. The van der Waals surface area contributed by atoms with Gasteiger partial charge in [-0.25, -0.2) is 9.40 Å². The fraction of sp³-hybridized carbons (Fsp3) is 0.250. The van der Waals surface area contributed by atoms with Crippen LogP contribution in [0.15, 0.2) is 53.8 Å². The van der Waals surface area contributed by atoms with Gasteiger partial charge in [0.15, 0.2) is 0 Å². The van der Waals surface area contributed by atoms with E-state index in [1.165, 1.54) is 17.2 Å². The maximum atomic E-state index is 14.8. The van der Waals surface area contributed by atoms with Gasteiger partial charge in [-0.1, -0.05) is 37.8 Å². The maximum absolute atomic E-state index is 14.8. The molecule has 0 spiro atoms. The van der Waals surface area contributed by atoms with Crippen molar-refractivity contribution in [1.29, 1.82) is 0 Å². The fourth-order valence-corrected chi connectivity index (χ4v) is 4.27. The van der Waals surface area contributed by atoms with Gasteiger partial charge in [0, 0.05) is 18.7 Å². The van der Waals surface area contributed by atoms with Crippen LogP contribution in [0.3, 0.4) is 0 Å².